The van der Waals surface area contributed by atoms with Crippen molar-refractivity contribution in [1.82, 2.24) is 18.6 Å². The SMILES string of the molecule is CC(CC(=O)O)N(N1CCN(c2ccc(C#Cc3ccc4c(c3)c(=O)n(Cc3ccc(F)cc3)c(=O)n4C)cc2)CC1)S(=O)[O-]. The van der Waals surface area contributed by atoms with E-state index < -0.39 is 40.3 Å². The van der Waals surface area contributed by atoms with E-state index in [0.717, 1.165) is 20.2 Å². The fraction of sp³-hybridized carbons (Fsp3) is 0.281. The number of fused-ring (bicyclic) bond motifs is 1. The second-order valence-corrected chi connectivity index (χ2v) is 11.6. The fourth-order valence-corrected chi connectivity index (χ4v) is 6.13. The van der Waals surface area contributed by atoms with Crippen LogP contribution in [0.2, 0.25) is 0 Å². The van der Waals surface area contributed by atoms with E-state index in [2.05, 4.69) is 16.7 Å². The van der Waals surface area contributed by atoms with Gasteiger partial charge in [0.15, 0.2) is 0 Å². The van der Waals surface area contributed by atoms with Gasteiger partial charge < -0.3 is 14.6 Å². The maximum Gasteiger partial charge on any atom is 0.331 e. The van der Waals surface area contributed by atoms with Crippen molar-refractivity contribution in [3.63, 3.8) is 0 Å². The third-order valence-electron chi connectivity index (χ3n) is 7.72. The molecule has 5 rings (SSSR count). The molecule has 0 amide bonds. The second-order valence-electron chi connectivity index (χ2n) is 10.8. The van der Waals surface area contributed by atoms with Crippen LogP contribution in [0.3, 0.4) is 0 Å². The normalized spacial score (nSPS) is 15.1. The highest BCUT2D eigenvalue weighted by atomic mass is 32.2. The van der Waals surface area contributed by atoms with Gasteiger partial charge in [-0.3, -0.25) is 22.9 Å². The number of aliphatic carboxylic acids is 1. The summed E-state index contributed by atoms with van der Waals surface area (Å²) in [6, 6.07) is 17.7. The molecule has 1 aliphatic rings. The van der Waals surface area contributed by atoms with Crippen LogP contribution in [-0.4, -0.2) is 70.6 Å². The third-order valence-corrected chi connectivity index (χ3v) is 8.62. The summed E-state index contributed by atoms with van der Waals surface area (Å²) in [5.41, 5.74) is 2.49. The first kappa shape index (κ1) is 31.8. The Balaban J connectivity index is 1.29. The van der Waals surface area contributed by atoms with Crippen LogP contribution in [0.4, 0.5) is 10.1 Å². The predicted molar refractivity (Wildman–Crippen MR) is 168 cm³/mol. The van der Waals surface area contributed by atoms with E-state index in [1.54, 1.807) is 37.2 Å². The number of piperazine rings is 1. The number of hydrogen-bond acceptors (Lipinski definition) is 7. The lowest BCUT2D eigenvalue weighted by atomic mass is 10.1. The Hall–Kier alpha value is -4.61. The molecule has 2 unspecified atom stereocenters. The van der Waals surface area contributed by atoms with Crippen molar-refractivity contribution >= 4 is 33.8 Å². The maximum absolute atomic E-state index is 13.3. The summed E-state index contributed by atoms with van der Waals surface area (Å²) in [6.07, 6.45) is -0.287. The molecule has 1 aliphatic heterocycles. The lowest BCUT2D eigenvalue weighted by Gasteiger charge is -2.44. The molecule has 3 aromatic carbocycles. The number of aromatic nitrogens is 2. The highest BCUT2D eigenvalue weighted by Crippen LogP contribution is 2.20. The molecule has 0 bridgehead atoms. The Bertz CT molecular complexity index is 1920. The van der Waals surface area contributed by atoms with Gasteiger partial charge in [-0.25, -0.2) is 14.2 Å². The van der Waals surface area contributed by atoms with E-state index in [-0.39, 0.29) is 13.0 Å². The fourth-order valence-electron chi connectivity index (χ4n) is 5.41. The number of nitrogens with zero attached hydrogens (tertiary/aromatic N) is 5. The second kappa shape index (κ2) is 13.6. The summed E-state index contributed by atoms with van der Waals surface area (Å²) >= 11 is -2.58. The average molecular weight is 633 g/mol. The summed E-state index contributed by atoms with van der Waals surface area (Å²) in [7, 11) is 1.60. The van der Waals surface area contributed by atoms with Crippen molar-refractivity contribution in [3.05, 3.63) is 110 Å². The van der Waals surface area contributed by atoms with Gasteiger partial charge in [-0.1, -0.05) is 24.0 Å². The van der Waals surface area contributed by atoms with E-state index in [1.807, 2.05) is 24.3 Å². The van der Waals surface area contributed by atoms with Gasteiger partial charge in [0.25, 0.3) is 5.56 Å². The van der Waals surface area contributed by atoms with Gasteiger partial charge in [0, 0.05) is 67.3 Å². The maximum atomic E-state index is 13.3. The molecule has 0 aliphatic carbocycles. The first-order chi connectivity index (χ1) is 21.5. The number of anilines is 1. The molecular formula is C32H31FN5O6S-. The van der Waals surface area contributed by atoms with E-state index in [0.29, 0.717) is 48.2 Å². The highest BCUT2D eigenvalue weighted by Gasteiger charge is 2.28. The molecule has 1 N–H and O–H groups in total. The quantitative estimate of drug-likeness (QED) is 0.231. The Morgan fingerprint density at radius 2 is 1.62 bits per heavy atom. The summed E-state index contributed by atoms with van der Waals surface area (Å²) in [5.74, 6) is 4.74. The van der Waals surface area contributed by atoms with Crippen LogP contribution < -0.4 is 16.1 Å². The monoisotopic (exact) mass is 632 g/mol. The van der Waals surface area contributed by atoms with E-state index in [1.165, 1.54) is 28.8 Å². The van der Waals surface area contributed by atoms with Gasteiger partial charge in [-0.15, -0.1) is 0 Å². The van der Waals surface area contributed by atoms with Crippen molar-refractivity contribution in [2.75, 3.05) is 31.1 Å². The number of hydrogen-bond donors (Lipinski definition) is 1. The minimum absolute atomic E-state index is 0.0132. The highest BCUT2D eigenvalue weighted by molar-refractivity contribution is 7.76. The number of benzene rings is 3. The molecular weight excluding hydrogens is 601 g/mol. The van der Waals surface area contributed by atoms with E-state index in [4.69, 9.17) is 5.11 Å². The van der Waals surface area contributed by atoms with Crippen molar-refractivity contribution in [1.29, 1.82) is 0 Å². The molecule has 2 heterocycles. The van der Waals surface area contributed by atoms with Crippen LogP contribution in [0.15, 0.2) is 76.3 Å². The molecule has 1 fully saturated rings. The van der Waals surface area contributed by atoms with E-state index in [9.17, 15) is 27.5 Å². The van der Waals surface area contributed by atoms with Crippen LogP contribution >= 0.6 is 0 Å². The number of carboxylic acid groups (broad SMARTS) is 1. The molecule has 1 saturated heterocycles. The zero-order valence-corrected chi connectivity index (χ0v) is 25.5. The van der Waals surface area contributed by atoms with Gasteiger partial charge in [0.05, 0.1) is 23.9 Å². The van der Waals surface area contributed by atoms with Gasteiger partial charge >= 0.3 is 11.7 Å². The molecule has 1 aromatic heterocycles. The Labute approximate surface area is 261 Å². The van der Waals surface area contributed by atoms with Crippen LogP contribution in [-0.2, 0) is 29.7 Å². The molecule has 234 valence electrons. The lowest BCUT2D eigenvalue weighted by molar-refractivity contribution is -0.139. The van der Waals surface area contributed by atoms with Crippen molar-refractivity contribution in [2.24, 2.45) is 7.05 Å². The number of halogens is 1. The Kier molecular flexibility index (Phi) is 9.60. The zero-order valence-electron chi connectivity index (χ0n) is 24.7. The van der Waals surface area contributed by atoms with Crippen molar-refractivity contribution in [3.8, 4) is 11.8 Å². The van der Waals surface area contributed by atoms with Crippen LogP contribution in [0.5, 0.6) is 0 Å². The largest absolute Gasteiger partial charge is 0.759 e. The minimum Gasteiger partial charge on any atom is -0.759 e. The average Bonchev–Trinajstić information content (AvgIpc) is 3.02. The zero-order chi connectivity index (χ0) is 32.2. The van der Waals surface area contributed by atoms with Gasteiger partial charge in [-0.05, 0) is 67.1 Å². The summed E-state index contributed by atoms with van der Waals surface area (Å²) in [6.45, 7) is 3.52. The molecule has 0 radical (unpaired) electrons. The summed E-state index contributed by atoms with van der Waals surface area (Å²) in [4.78, 5) is 39.4. The molecule has 0 spiro atoms. The minimum atomic E-state index is -2.58. The topological polar surface area (TPSA) is 131 Å². The van der Waals surface area contributed by atoms with Crippen molar-refractivity contribution in [2.45, 2.75) is 25.9 Å². The van der Waals surface area contributed by atoms with Gasteiger partial charge in [0.1, 0.15) is 5.82 Å². The number of hydrazine groups is 1. The molecule has 45 heavy (non-hydrogen) atoms. The molecule has 0 saturated carbocycles. The smallest absolute Gasteiger partial charge is 0.331 e. The van der Waals surface area contributed by atoms with Crippen LogP contribution in [0.1, 0.15) is 30.0 Å². The van der Waals surface area contributed by atoms with Crippen molar-refractivity contribution < 1.29 is 23.1 Å². The van der Waals surface area contributed by atoms with Gasteiger partial charge in [0.2, 0.25) is 0 Å². The Morgan fingerprint density at radius 1 is 1.00 bits per heavy atom. The molecule has 4 aromatic rings. The number of rotatable bonds is 8. The number of aryl methyl sites for hydroxylation is 1. The molecule has 11 nitrogen and oxygen atoms in total. The lowest BCUT2D eigenvalue weighted by Crippen LogP contribution is -2.57. The first-order valence-corrected chi connectivity index (χ1v) is 15.3. The predicted octanol–water partition coefficient (Wildman–Crippen LogP) is 2.28. The van der Waals surface area contributed by atoms with Gasteiger partial charge in [-0.2, -0.15) is 4.41 Å². The summed E-state index contributed by atoms with van der Waals surface area (Å²) < 4.78 is 40.6. The van der Waals surface area contributed by atoms with E-state index >= 15 is 0 Å². The number of carbonyl (C=O) groups is 1. The van der Waals surface area contributed by atoms with Crippen LogP contribution in [0, 0.1) is 17.7 Å². The Morgan fingerprint density at radius 3 is 2.24 bits per heavy atom. The standard InChI is InChI=1S/C32H32FN5O6S/c1-22(19-30(39)40)38(45(43)44)36-17-15-35(16-18-36)27-12-7-23(8-13-27)3-4-24-9-14-29-28(20-24)31(41)37(32(42)34(29)2)21-25-5-10-26(33)11-6-25/h5-14,20,22H,15-19,21H2,1-2H3,(H,39,40)(H,43,44)/p-1. The number of carboxylic acids is 1. The summed E-state index contributed by atoms with van der Waals surface area (Å²) in [5, 5.41) is 11.1. The van der Waals surface area contributed by atoms with Crippen LogP contribution in [0.25, 0.3) is 10.9 Å². The first-order valence-electron chi connectivity index (χ1n) is 14.2. The molecule has 13 heteroatoms. The third kappa shape index (κ3) is 7.21. The molecule has 2 atom stereocenters.